The molecule has 0 bridgehead atoms. The SMILES string of the molecule is COc1cccc(OC)c1-c1ccc2c(c1)sc(C=Cc1ccc(N(C)C)cc1)[n+]2C. The van der Waals surface area contributed by atoms with Gasteiger partial charge < -0.3 is 14.4 Å². The molecule has 0 radical (unpaired) electrons. The molecule has 158 valence electrons. The molecule has 0 aliphatic rings. The van der Waals surface area contributed by atoms with Gasteiger partial charge in [0.1, 0.15) is 23.2 Å². The van der Waals surface area contributed by atoms with E-state index in [0.29, 0.717) is 0 Å². The number of aromatic nitrogens is 1. The van der Waals surface area contributed by atoms with Crippen molar-refractivity contribution >= 4 is 39.4 Å². The van der Waals surface area contributed by atoms with Crippen LogP contribution in [0.1, 0.15) is 10.6 Å². The molecule has 0 saturated carbocycles. The molecule has 0 spiro atoms. The van der Waals surface area contributed by atoms with Crippen LogP contribution in [0.3, 0.4) is 0 Å². The largest absolute Gasteiger partial charge is 0.496 e. The zero-order valence-electron chi connectivity index (χ0n) is 18.5. The Bertz CT molecular complexity index is 1220. The molecule has 0 amide bonds. The molecule has 0 N–H and O–H groups in total. The van der Waals surface area contributed by atoms with E-state index in [0.717, 1.165) is 22.6 Å². The molecule has 1 heterocycles. The molecular formula is C26H27N2O2S+. The summed E-state index contributed by atoms with van der Waals surface area (Å²) in [7, 11) is 9.59. The second-order valence-corrected chi connectivity index (χ2v) is 8.60. The Morgan fingerprint density at radius 1 is 0.871 bits per heavy atom. The maximum absolute atomic E-state index is 5.60. The number of benzene rings is 3. The van der Waals surface area contributed by atoms with E-state index in [1.165, 1.54) is 26.5 Å². The van der Waals surface area contributed by atoms with E-state index < -0.39 is 0 Å². The predicted molar refractivity (Wildman–Crippen MR) is 131 cm³/mol. The predicted octanol–water partition coefficient (Wildman–Crippen LogP) is 5.65. The van der Waals surface area contributed by atoms with Crippen molar-refractivity contribution in [2.24, 2.45) is 7.05 Å². The molecule has 0 unspecified atom stereocenters. The van der Waals surface area contributed by atoms with Crippen LogP contribution in [0.5, 0.6) is 11.5 Å². The lowest BCUT2D eigenvalue weighted by Crippen LogP contribution is -2.28. The van der Waals surface area contributed by atoms with E-state index in [1.807, 2.05) is 18.2 Å². The van der Waals surface area contributed by atoms with Crippen LogP contribution in [0.25, 0.3) is 33.5 Å². The molecule has 0 saturated heterocycles. The minimum Gasteiger partial charge on any atom is -0.496 e. The fourth-order valence-corrected chi connectivity index (χ4v) is 4.75. The summed E-state index contributed by atoms with van der Waals surface area (Å²) >= 11 is 1.77. The first-order valence-corrected chi connectivity index (χ1v) is 10.9. The second-order valence-electron chi connectivity index (χ2n) is 7.54. The van der Waals surface area contributed by atoms with Gasteiger partial charge in [-0.2, -0.15) is 4.57 Å². The number of nitrogens with zero attached hydrogens (tertiary/aromatic N) is 2. The van der Waals surface area contributed by atoms with E-state index in [4.69, 9.17) is 9.47 Å². The van der Waals surface area contributed by atoms with Gasteiger partial charge in [-0.05, 0) is 53.6 Å². The lowest BCUT2D eigenvalue weighted by atomic mass is 10.0. The minimum absolute atomic E-state index is 0.806. The third-order valence-corrected chi connectivity index (χ3v) is 6.58. The lowest BCUT2D eigenvalue weighted by molar-refractivity contribution is -0.642. The number of fused-ring (bicyclic) bond motifs is 1. The second kappa shape index (κ2) is 8.82. The number of ether oxygens (including phenoxy) is 2. The number of methoxy groups -OCH3 is 2. The highest BCUT2D eigenvalue weighted by Crippen LogP contribution is 2.39. The van der Waals surface area contributed by atoms with Gasteiger partial charge in [-0.15, -0.1) is 0 Å². The summed E-state index contributed by atoms with van der Waals surface area (Å²) in [5.74, 6) is 1.61. The van der Waals surface area contributed by atoms with Crippen LogP contribution < -0.4 is 18.9 Å². The number of anilines is 1. The van der Waals surface area contributed by atoms with Crippen molar-refractivity contribution in [3.8, 4) is 22.6 Å². The summed E-state index contributed by atoms with van der Waals surface area (Å²) in [6.07, 6.45) is 4.34. The van der Waals surface area contributed by atoms with Gasteiger partial charge >= 0.3 is 0 Å². The summed E-state index contributed by atoms with van der Waals surface area (Å²) in [5, 5.41) is 1.19. The number of hydrogen-bond acceptors (Lipinski definition) is 4. The van der Waals surface area contributed by atoms with E-state index in [1.54, 1.807) is 25.6 Å². The van der Waals surface area contributed by atoms with Gasteiger partial charge in [0.05, 0.1) is 19.8 Å². The van der Waals surface area contributed by atoms with Crippen LogP contribution in [-0.4, -0.2) is 28.3 Å². The molecule has 0 aliphatic heterocycles. The highest BCUT2D eigenvalue weighted by atomic mass is 32.1. The topological polar surface area (TPSA) is 25.6 Å². The van der Waals surface area contributed by atoms with Gasteiger partial charge in [0.15, 0.2) is 0 Å². The van der Waals surface area contributed by atoms with E-state index >= 15 is 0 Å². The number of rotatable bonds is 6. The van der Waals surface area contributed by atoms with Gasteiger partial charge in [0.2, 0.25) is 5.52 Å². The normalized spacial score (nSPS) is 11.3. The summed E-state index contributed by atoms with van der Waals surface area (Å²) in [5.41, 5.74) is 5.64. The Kier molecular flexibility index (Phi) is 5.96. The van der Waals surface area contributed by atoms with Crippen molar-refractivity contribution in [2.45, 2.75) is 0 Å². The number of hydrogen-bond donors (Lipinski definition) is 0. The Morgan fingerprint density at radius 2 is 1.55 bits per heavy atom. The van der Waals surface area contributed by atoms with Crippen LogP contribution in [-0.2, 0) is 7.05 Å². The van der Waals surface area contributed by atoms with Crippen LogP contribution in [0.15, 0.2) is 60.7 Å². The van der Waals surface area contributed by atoms with Crippen LogP contribution in [0.2, 0.25) is 0 Å². The standard InChI is InChI=1S/C26H27N2O2S/c1-27(2)20-13-9-18(10-14-20)11-16-25-28(3)21-15-12-19(17-24(21)31-25)26-22(29-4)7-6-8-23(26)30-5/h6-17H,1-5H3/q+1. The van der Waals surface area contributed by atoms with Gasteiger partial charge in [0.25, 0.3) is 5.01 Å². The Balaban J connectivity index is 1.70. The summed E-state index contributed by atoms with van der Waals surface area (Å²) in [4.78, 5) is 2.10. The fraction of sp³-hybridized carbons (Fsp3) is 0.192. The van der Waals surface area contributed by atoms with Crippen LogP contribution in [0.4, 0.5) is 5.69 Å². The average molecular weight is 432 g/mol. The Morgan fingerprint density at radius 3 is 2.16 bits per heavy atom. The quantitative estimate of drug-likeness (QED) is 0.369. The molecule has 4 nitrogen and oxygen atoms in total. The lowest BCUT2D eigenvalue weighted by Gasteiger charge is -2.12. The molecule has 1 aromatic heterocycles. The van der Waals surface area contributed by atoms with Crippen LogP contribution >= 0.6 is 11.3 Å². The first kappa shape index (κ1) is 20.9. The highest BCUT2D eigenvalue weighted by molar-refractivity contribution is 7.18. The van der Waals surface area contributed by atoms with Crippen molar-refractivity contribution in [1.82, 2.24) is 0 Å². The first-order chi connectivity index (χ1) is 15.0. The van der Waals surface area contributed by atoms with Gasteiger partial charge in [-0.25, -0.2) is 0 Å². The van der Waals surface area contributed by atoms with E-state index in [9.17, 15) is 0 Å². The van der Waals surface area contributed by atoms with Crippen molar-refractivity contribution < 1.29 is 14.0 Å². The molecule has 0 aliphatic carbocycles. The molecule has 4 aromatic rings. The first-order valence-electron chi connectivity index (χ1n) is 10.1. The zero-order valence-corrected chi connectivity index (χ0v) is 19.4. The monoisotopic (exact) mass is 431 g/mol. The number of thiazole rings is 1. The van der Waals surface area contributed by atoms with Crippen molar-refractivity contribution in [3.63, 3.8) is 0 Å². The minimum atomic E-state index is 0.806. The Labute approximate surface area is 187 Å². The summed E-state index contributed by atoms with van der Waals surface area (Å²) in [6.45, 7) is 0. The van der Waals surface area contributed by atoms with Gasteiger partial charge in [-0.1, -0.05) is 29.5 Å². The summed E-state index contributed by atoms with van der Waals surface area (Å²) < 4.78 is 14.6. The summed E-state index contributed by atoms with van der Waals surface area (Å²) in [6, 6.07) is 20.9. The highest BCUT2D eigenvalue weighted by Gasteiger charge is 2.18. The van der Waals surface area contributed by atoms with Crippen molar-refractivity contribution in [2.75, 3.05) is 33.2 Å². The van der Waals surface area contributed by atoms with E-state index in [2.05, 4.69) is 85.2 Å². The molecule has 5 heteroatoms. The average Bonchev–Trinajstić information content (AvgIpc) is 3.12. The molecule has 31 heavy (non-hydrogen) atoms. The molecule has 3 aromatic carbocycles. The molecular weight excluding hydrogens is 404 g/mol. The van der Waals surface area contributed by atoms with Crippen LogP contribution in [0, 0.1) is 0 Å². The maximum Gasteiger partial charge on any atom is 0.262 e. The smallest absolute Gasteiger partial charge is 0.262 e. The third kappa shape index (κ3) is 4.14. The maximum atomic E-state index is 5.60. The molecule has 4 rings (SSSR count). The van der Waals surface area contributed by atoms with E-state index in [-0.39, 0.29) is 0 Å². The number of aryl methyl sites for hydroxylation is 1. The fourth-order valence-electron chi connectivity index (χ4n) is 3.66. The molecule has 0 fully saturated rings. The van der Waals surface area contributed by atoms with Gasteiger partial charge in [-0.3, -0.25) is 0 Å². The third-order valence-electron chi connectivity index (χ3n) is 5.41. The Hall–Kier alpha value is -3.31. The zero-order chi connectivity index (χ0) is 22.0. The molecule has 0 atom stereocenters. The van der Waals surface area contributed by atoms with Gasteiger partial charge in [0, 0.05) is 31.9 Å². The van der Waals surface area contributed by atoms with Crippen molar-refractivity contribution in [3.05, 3.63) is 71.2 Å². The van der Waals surface area contributed by atoms with Crippen molar-refractivity contribution in [1.29, 1.82) is 0 Å².